The number of ether oxygens (including phenoxy) is 5. The van der Waals surface area contributed by atoms with Crippen LogP contribution in [0.2, 0.25) is 0 Å². The number of esters is 1. The first-order valence-corrected chi connectivity index (χ1v) is 9.86. The summed E-state index contributed by atoms with van der Waals surface area (Å²) in [4.78, 5) is 35.6. The molecule has 0 radical (unpaired) electrons. The van der Waals surface area contributed by atoms with Gasteiger partial charge in [0.15, 0.2) is 0 Å². The minimum absolute atomic E-state index is 0.0141. The fourth-order valence-corrected chi connectivity index (χ4v) is 2.84. The summed E-state index contributed by atoms with van der Waals surface area (Å²) in [7, 11) is 6.36. The fraction of sp³-hybridized carbons (Fsp3) is 0.261. The molecule has 2 aromatic rings. The number of anilines is 2. The first-order chi connectivity index (χ1) is 16.6. The lowest BCUT2D eigenvalue weighted by Crippen LogP contribution is -2.42. The zero-order valence-corrected chi connectivity index (χ0v) is 19.6. The number of hydrogen-bond donors (Lipinski definition) is 2. The van der Waals surface area contributed by atoms with Crippen molar-refractivity contribution in [1.82, 2.24) is 0 Å². The van der Waals surface area contributed by atoms with Crippen molar-refractivity contribution in [3.8, 4) is 23.0 Å². The fourth-order valence-electron chi connectivity index (χ4n) is 2.84. The van der Waals surface area contributed by atoms with Gasteiger partial charge in [0.1, 0.15) is 23.0 Å². The highest BCUT2D eigenvalue weighted by Crippen LogP contribution is 2.35. The Bertz CT molecular complexity index is 1110. The Morgan fingerprint density at radius 2 is 1.43 bits per heavy atom. The van der Waals surface area contributed by atoms with E-state index < -0.39 is 23.7 Å². The molecule has 0 aromatic heterocycles. The van der Waals surface area contributed by atoms with Gasteiger partial charge in [-0.3, -0.25) is 9.59 Å². The van der Waals surface area contributed by atoms with Gasteiger partial charge in [-0.2, -0.15) is 8.78 Å². The van der Waals surface area contributed by atoms with Crippen molar-refractivity contribution in [1.29, 1.82) is 0 Å². The predicted molar refractivity (Wildman–Crippen MR) is 122 cm³/mol. The first kappa shape index (κ1) is 26.9. The van der Waals surface area contributed by atoms with E-state index in [2.05, 4.69) is 10.1 Å². The second-order valence-corrected chi connectivity index (χ2v) is 6.70. The lowest BCUT2D eigenvalue weighted by atomic mass is 10.1. The summed E-state index contributed by atoms with van der Waals surface area (Å²) in [5.74, 6) is -7.67. The van der Waals surface area contributed by atoms with Gasteiger partial charge in [0.25, 0.3) is 0 Å². The molecule has 0 atom stereocenters. The molecule has 0 aliphatic heterocycles. The maximum atomic E-state index is 13.8. The largest absolute Gasteiger partial charge is 0.496 e. The maximum absolute atomic E-state index is 13.8. The van der Waals surface area contributed by atoms with Gasteiger partial charge in [0.05, 0.1) is 46.8 Å². The van der Waals surface area contributed by atoms with Crippen molar-refractivity contribution in [3.63, 3.8) is 0 Å². The number of alkyl halides is 2. The molecule has 2 N–H and O–H groups in total. The van der Waals surface area contributed by atoms with Gasteiger partial charge in [-0.15, -0.1) is 0 Å². The number of benzene rings is 2. The number of nitrogens with one attached hydrogen (secondary N) is 2. The van der Waals surface area contributed by atoms with E-state index in [4.69, 9.17) is 18.9 Å². The Labute approximate surface area is 199 Å². The average Bonchev–Trinajstić information content (AvgIpc) is 2.86. The molecule has 12 heteroatoms. The van der Waals surface area contributed by atoms with Crippen LogP contribution in [0.4, 0.5) is 20.2 Å². The van der Waals surface area contributed by atoms with Gasteiger partial charge in [-0.25, -0.2) is 4.79 Å². The molecule has 2 amide bonds. The number of methoxy groups -OCH3 is 5. The van der Waals surface area contributed by atoms with Gasteiger partial charge in [0, 0.05) is 23.9 Å². The van der Waals surface area contributed by atoms with E-state index in [1.807, 2.05) is 5.32 Å². The molecule has 0 aliphatic rings. The van der Waals surface area contributed by atoms with Crippen molar-refractivity contribution in [2.75, 3.05) is 46.2 Å². The molecular weight excluding hydrogens is 470 g/mol. The zero-order chi connectivity index (χ0) is 26.2. The monoisotopic (exact) mass is 494 g/mol. The summed E-state index contributed by atoms with van der Waals surface area (Å²) in [5.41, 5.74) is 0.408. The molecule has 0 aliphatic carbocycles. The van der Waals surface area contributed by atoms with Crippen LogP contribution in [0.1, 0.15) is 5.56 Å². The molecule has 0 fully saturated rings. The molecule has 2 aromatic carbocycles. The van der Waals surface area contributed by atoms with Crippen LogP contribution in [-0.2, 0) is 19.1 Å². The SMILES string of the molecule is COC(=O)C(F)(F)C(=O)Nc1cc(NC(=O)C=Cc2c(OC)cc(OC)cc2OC)ccc1OC. The molecule has 35 heavy (non-hydrogen) atoms. The predicted octanol–water partition coefficient (Wildman–Crippen LogP) is 3.12. The van der Waals surface area contributed by atoms with Crippen molar-refractivity contribution in [2.45, 2.75) is 5.92 Å². The highest BCUT2D eigenvalue weighted by Gasteiger charge is 2.49. The van der Waals surface area contributed by atoms with E-state index >= 15 is 0 Å². The number of carbonyl (C=O) groups is 3. The van der Waals surface area contributed by atoms with Gasteiger partial charge < -0.3 is 34.3 Å². The zero-order valence-electron chi connectivity index (χ0n) is 19.6. The molecule has 0 unspecified atom stereocenters. The van der Waals surface area contributed by atoms with Crippen LogP contribution in [0.5, 0.6) is 23.0 Å². The quantitative estimate of drug-likeness (QED) is 0.294. The third-order valence-corrected chi connectivity index (χ3v) is 4.60. The van der Waals surface area contributed by atoms with Gasteiger partial charge in [-0.1, -0.05) is 0 Å². The minimum atomic E-state index is -4.43. The lowest BCUT2D eigenvalue weighted by Gasteiger charge is -2.16. The second-order valence-electron chi connectivity index (χ2n) is 6.70. The lowest BCUT2D eigenvalue weighted by molar-refractivity contribution is -0.173. The van der Waals surface area contributed by atoms with Crippen molar-refractivity contribution in [2.24, 2.45) is 0 Å². The van der Waals surface area contributed by atoms with Crippen LogP contribution < -0.4 is 29.6 Å². The topological polar surface area (TPSA) is 121 Å². The summed E-state index contributed by atoms with van der Waals surface area (Å²) >= 11 is 0. The Morgan fingerprint density at radius 3 is 1.94 bits per heavy atom. The van der Waals surface area contributed by atoms with Crippen LogP contribution >= 0.6 is 0 Å². The average molecular weight is 494 g/mol. The van der Waals surface area contributed by atoms with Crippen LogP contribution in [0.15, 0.2) is 36.4 Å². The molecule has 2 rings (SSSR count). The molecule has 0 heterocycles. The molecule has 0 saturated carbocycles. The number of hydrogen-bond acceptors (Lipinski definition) is 8. The molecule has 10 nitrogen and oxygen atoms in total. The second kappa shape index (κ2) is 11.7. The number of halogens is 2. The van der Waals surface area contributed by atoms with E-state index in [0.717, 1.165) is 7.11 Å². The normalized spacial score (nSPS) is 10.9. The third-order valence-electron chi connectivity index (χ3n) is 4.60. The van der Waals surface area contributed by atoms with Crippen LogP contribution in [0.3, 0.4) is 0 Å². The summed E-state index contributed by atoms with van der Waals surface area (Å²) in [5, 5.41) is 4.43. The van der Waals surface area contributed by atoms with Gasteiger partial charge in [-0.05, 0) is 24.3 Å². The number of amides is 2. The van der Waals surface area contributed by atoms with Gasteiger partial charge >= 0.3 is 17.8 Å². The summed E-state index contributed by atoms with van der Waals surface area (Å²) < 4.78 is 52.5. The Morgan fingerprint density at radius 1 is 0.829 bits per heavy atom. The molecular formula is C23H24F2N2O8. The third kappa shape index (κ3) is 6.37. The molecule has 188 valence electrons. The Kier molecular flexibility index (Phi) is 8.98. The Hall–Kier alpha value is -4.35. The first-order valence-electron chi connectivity index (χ1n) is 9.86. The number of carbonyl (C=O) groups excluding carboxylic acids is 3. The highest BCUT2D eigenvalue weighted by atomic mass is 19.3. The van der Waals surface area contributed by atoms with Crippen molar-refractivity contribution in [3.05, 3.63) is 42.0 Å². The smallest absolute Gasteiger partial charge is 0.419 e. The van der Waals surface area contributed by atoms with Crippen LogP contribution in [0, 0.1) is 0 Å². The van der Waals surface area contributed by atoms with Crippen LogP contribution in [-0.4, -0.2) is 59.3 Å². The van der Waals surface area contributed by atoms with Crippen LogP contribution in [0.25, 0.3) is 6.08 Å². The van der Waals surface area contributed by atoms with E-state index in [0.29, 0.717) is 22.8 Å². The van der Waals surface area contributed by atoms with E-state index in [1.54, 1.807) is 12.1 Å². The summed E-state index contributed by atoms with van der Waals surface area (Å²) in [6, 6.07) is 7.17. The van der Waals surface area contributed by atoms with E-state index in [1.165, 1.54) is 58.8 Å². The minimum Gasteiger partial charge on any atom is -0.496 e. The van der Waals surface area contributed by atoms with Gasteiger partial charge in [0.2, 0.25) is 5.91 Å². The maximum Gasteiger partial charge on any atom is 0.419 e. The summed E-state index contributed by atoms with van der Waals surface area (Å²) in [6.07, 6.45) is 2.65. The molecule has 0 bridgehead atoms. The van der Waals surface area contributed by atoms with E-state index in [-0.39, 0.29) is 17.1 Å². The van der Waals surface area contributed by atoms with E-state index in [9.17, 15) is 23.2 Å². The molecule has 0 spiro atoms. The Balaban J connectivity index is 2.25. The van der Waals surface area contributed by atoms with Crippen molar-refractivity contribution < 1.29 is 46.8 Å². The highest BCUT2D eigenvalue weighted by molar-refractivity contribution is 6.11. The molecule has 0 saturated heterocycles. The summed E-state index contributed by atoms with van der Waals surface area (Å²) in [6.45, 7) is 0. The number of rotatable bonds is 10. The standard InChI is InChI=1S/C23H24F2N2O8/c1-31-14-11-18(33-3)15(19(12-14)34-4)7-9-20(28)26-13-6-8-17(32-2)16(10-13)27-21(29)23(24,25)22(30)35-5/h6-12H,1-5H3,(H,26,28)(H,27,29). The van der Waals surface area contributed by atoms with Crippen molar-refractivity contribution >= 4 is 35.2 Å².